The quantitative estimate of drug-likeness (QED) is 0.881. The van der Waals surface area contributed by atoms with E-state index in [1.54, 1.807) is 0 Å². The summed E-state index contributed by atoms with van der Waals surface area (Å²) in [5.41, 5.74) is 3.12. The van der Waals surface area contributed by atoms with Gasteiger partial charge in [0.1, 0.15) is 0 Å². The molecule has 0 atom stereocenters. The first-order valence-electron chi connectivity index (χ1n) is 6.01. The maximum absolute atomic E-state index is 10.6. The molecule has 0 aliphatic heterocycles. The average Bonchev–Trinajstić information content (AvgIpc) is 2.84. The number of anilines is 1. The molecule has 0 radical (unpaired) electrons. The Morgan fingerprint density at radius 2 is 2.11 bits per heavy atom. The van der Waals surface area contributed by atoms with Crippen molar-refractivity contribution in [2.45, 2.75) is 26.8 Å². The molecule has 0 saturated carbocycles. The van der Waals surface area contributed by atoms with E-state index in [4.69, 9.17) is 5.11 Å². The first-order chi connectivity index (χ1) is 8.97. The molecule has 2 rings (SSSR count). The molecule has 6 heteroatoms. The van der Waals surface area contributed by atoms with Gasteiger partial charge in [-0.2, -0.15) is 5.10 Å². The van der Waals surface area contributed by atoms with Crippen molar-refractivity contribution in [1.82, 2.24) is 9.78 Å². The number of carboxylic acid groups (broad SMARTS) is 1. The van der Waals surface area contributed by atoms with Gasteiger partial charge >= 0.3 is 5.97 Å². The highest BCUT2D eigenvalue weighted by atomic mass is 32.1. The fourth-order valence-corrected chi connectivity index (χ4v) is 2.92. The molecular weight excluding hydrogens is 262 g/mol. The van der Waals surface area contributed by atoms with Crippen molar-refractivity contribution in [2.24, 2.45) is 7.05 Å². The molecule has 2 aromatic rings. The molecule has 0 amide bonds. The van der Waals surface area contributed by atoms with E-state index in [1.165, 1.54) is 11.3 Å². The Kier molecular flexibility index (Phi) is 3.90. The monoisotopic (exact) mass is 279 g/mol. The Hall–Kier alpha value is -1.82. The second-order valence-electron chi connectivity index (χ2n) is 4.46. The van der Waals surface area contributed by atoms with Gasteiger partial charge in [0.05, 0.1) is 23.5 Å². The van der Waals surface area contributed by atoms with Crippen LogP contribution in [0, 0.1) is 13.8 Å². The van der Waals surface area contributed by atoms with Crippen molar-refractivity contribution in [3.05, 3.63) is 33.3 Å². The number of aliphatic carboxylic acids is 1. The van der Waals surface area contributed by atoms with E-state index in [-0.39, 0.29) is 6.42 Å². The number of nitrogens with one attached hydrogen (secondary N) is 1. The van der Waals surface area contributed by atoms with E-state index in [1.807, 2.05) is 37.7 Å². The van der Waals surface area contributed by atoms with Crippen molar-refractivity contribution in [1.29, 1.82) is 0 Å². The smallest absolute Gasteiger partial charge is 0.308 e. The van der Waals surface area contributed by atoms with Gasteiger partial charge in [-0.3, -0.25) is 9.48 Å². The van der Waals surface area contributed by atoms with Crippen LogP contribution < -0.4 is 5.32 Å². The number of rotatable bonds is 5. The minimum Gasteiger partial charge on any atom is -0.481 e. The van der Waals surface area contributed by atoms with E-state index in [0.717, 1.165) is 26.8 Å². The summed E-state index contributed by atoms with van der Waals surface area (Å²) in [4.78, 5) is 12.6. The molecule has 0 saturated heterocycles. The third-order valence-corrected chi connectivity index (χ3v) is 4.08. The van der Waals surface area contributed by atoms with Gasteiger partial charge in [-0.15, -0.1) is 11.3 Å². The number of carboxylic acids is 1. The second kappa shape index (κ2) is 5.44. The van der Waals surface area contributed by atoms with Gasteiger partial charge in [0.25, 0.3) is 0 Å². The summed E-state index contributed by atoms with van der Waals surface area (Å²) in [6.45, 7) is 4.68. The van der Waals surface area contributed by atoms with E-state index in [0.29, 0.717) is 6.54 Å². The molecule has 0 aliphatic rings. The number of hydrogen-bond donors (Lipinski definition) is 2. The topological polar surface area (TPSA) is 67.2 Å². The zero-order valence-electron chi connectivity index (χ0n) is 11.2. The minimum atomic E-state index is -0.791. The van der Waals surface area contributed by atoms with Crippen LogP contribution in [0.1, 0.15) is 21.1 Å². The van der Waals surface area contributed by atoms with E-state index < -0.39 is 5.97 Å². The Morgan fingerprint density at radius 3 is 2.68 bits per heavy atom. The summed E-state index contributed by atoms with van der Waals surface area (Å²) in [5.74, 6) is -0.791. The molecule has 0 aromatic carbocycles. The largest absolute Gasteiger partial charge is 0.481 e. The molecular formula is C13H17N3O2S. The highest BCUT2D eigenvalue weighted by Gasteiger charge is 2.09. The number of aromatic nitrogens is 2. The predicted octanol–water partition coefficient (Wildman–Crippen LogP) is 2.34. The third kappa shape index (κ3) is 3.14. The van der Waals surface area contributed by atoms with Crippen LogP contribution in [0.3, 0.4) is 0 Å². The van der Waals surface area contributed by atoms with E-state index >= 15 is 0 Å². The van der Waals surface area contributed by atoms with Gasteiger partial charge < -0.3 is 10.4 Å². The third-order valence-electron chi connectivity index (χ3n) is 2.99. The molecule has 0 spiro atoms. The van der Waals surface area contributed by atoms with Crippen molar-refractivity contribution in [3.63, 3.8) is 0 Å². The minimum absolute atomic E-state index is 0.0929. The van der Waals surface area contributed by atoms with E-state index in [2.05, 4.69) is 10.4 Å². The average molecular weight is 279 g/mol. The van der Waals surface area contributed by atoms with Crippen molar-refractivity contribution < 1.29 is 9.90 Å². The van der Waals surface area contributed by atoms with Crippen molar-refractivity contribution >= 4 is 23.0 Å². The zero-order chi connectivity index (χ0) is 14.0. The second-order valence-corrected chi connectivity index (χ2v) is 5.71. The Labute approximate surface area is 115 Å². The molecule has 19 heavy (non-hydrogen) atoms. The Bertz CT molecular complexity index is 601. The number of thiophene rings is 1. The van der Waals surface area contributed by atoms with Gasteiger partial charge in [-0.05, 0) is 26.0 Å². The standard InChI is InChI=1S/C13H17N3O2S/c1-8-13(9(2)16(3)15-8)14-7-11-5-4-10(19-11)6-12(17)18/h4-5,14H,6-7H2,1-3H3,(H,17,18). The summed E-state index contributed by atoms with van der Waals surface area (Å²) >= 11 is 1.53. The molecule has 2 heterocycles. The zero-order valence-corrected chi connectivity index (χ0v) is 12.0. The molecule has 0 unspecified atom stereocenters. The summed E-state index contributed by atoms with van der Waals surface area (Å²) in [6, 6.07) is 3.84. The fraction of sp³-hybridized carbons (Fsp3) is 0.385. The number of carbonyl (C=O) groups is 1. The van der Waals surface area contributed by atoms with Crippen molar-refractivity contribution in [3.8, 4) is 0 Å². The van der Waals surface area contributed by atoms with Crippen LogP contribution in [0.15, 0.2) is 12.1 Å². The van der Waals surface area contributed by atoms with E-state index in [9.17, 15) is 4.79 Å². The summed E-state index contributed by atoms with van der Waals surface area (Å²) in [7, 11) is 1.92. The maximum atomic E-state index is 10.6. The van der Waals surface area contributed by atoms with Crippen LogP contribution >= 0.6 is 11.3 Å². The van der Waals surface area contributed by atoms with Crippen LogP contribution in [-0.4, -0.2) is 20.9 Å². The molecule has 0 aliphatic carbocycles. The number of hydrogen-bond acceptors (Lipinski definition) is 4. The van der Waals surface area contributed by atoms with Gasteiger partial charge in [0.15, 0.2) is 0 Å². The van der Waals surface area contributed by atoms with Gasteiger partial charge in [-0.1, -0.05) is 0 Å². The lowest BCUT2D eigenvalue weighted by atomic mass is 10.3. The van der Waals surface area contributed by atoms with Crippen LogP contribution in [-0.2, 0) is 24.8 Å². The molecule has 2 N–H and O–H groups in total. The summed E-state index contributed by atoms with van der Waals surface area (Å²) < 4.78 is 1.85. The lowest BCUT2D eigenvalue weighted by molar-refractivity contribution is -0.136. The van der Waals surface area contributed by atoms with Crippen molar-refractivity contribution in [2.75, 3.05) is 5.32 Å². The van der Waals surface area contributed by atoms with Gasteiger partial charge in [0, 0.05) is 23.3 Å². The first kappa shape index (κ1) is 13.6. The Balaban J connectivity index is 2.02. The number of aryl methyl sites for hydroxylation is 2. The molecule has 102 valence electrons. The molecule has 2 aromatic heterocycles. The van der Waals surface area contributed by atoms with Crippen LogP contribution in [0.2, 0.25) is 0 Å². The van der Waals surface area contributed by atoms with Crippen LogP contribution in [0.25, 0.3) is 0 Å². The molecule has 0 bridgehead atoms. The lowest BCUT2D eigenvalue weighted by Gasteiger charge is -2.05. The van der Waals surface area contributed by atoms with Gasteiger partial charge in [-0.25, -0.2) is 0 Å². The molecule has 5 nitrogen and oxygen atoms in total. The normalized spacial score (nSPS) is 10.7. The molecule has 0 fully saturated rings. The SMILES string of the molecule is Cc1nn(C)c(C)c1NCc1ccc(CC(=O)O)s1. The van der Waals surface area contributed by atoms with Gasteiger partial charge in [0.2, 0.25) is 0 Å². The first-order valence-corrected chi connectivity index (χ1v) is 6.82. The lowest BCUT2D eigenvalue weighted by Crippen LogP contribution is -2.00. The fourth-order valence-electron chi connectivity index (χ4n) is 1.97. The predicted molar refractivity (Wildman–Crippen MR) is 75.7 cm³/mol. The highest BCUT2D eigenvalue weighted by molar-refractivity contribution is 7.12. The highest BCUT2D eigenvalue weighted by Crippen LogP contribution is 2.22. The van der Waals surface area contributed by atoms with Crippen LogP contribution in [0.4, 0.5) is 5.69 Å². The maximum Gasteiger partial charge on any atom is 0.308 e. The number of nitrogens with zero attached hydrogens (tertiary/aromatic N) is 2. The Morgan fingerprint density at radius 1 is 1.42 bits per heavy atom. The summed E-state index contributed by atoms with van der Waals surface area (Å²) in [6.07, 6.45) is 0.0929. The summed E-state index contributed by atoms with van der Waals surface area (Å²) in [5, 5.41) is 16.5. The van der Waals surface area contributed by atoms with Crippen LogP contribution in [0.5, 0.6) is 0 Å².